The van der Waals surface area contributed by atoms with Crippen LogP contribution in [0.5, 0.6) is 5.75 Å². The molecule has 4 aromatic rings. The average Bonchev–Trinajstić information content (AvgIpc) is 3.23. The monoisotopic (exact) mass is 491 g/mol. The maximum Gasteiger partial charge on any atom is 0.277 e. The number of anilines is 2. The number of imidazole rings is 1. The number of fused-ring (bicyclic) bond motifs is 1. The molecular formula is C23H25N9O4. The molecule has 0 saturated carbocycles. The summed E-state index contributed by atoms with van der Waals surface area (Å²) in [4.78, 5) is 38.4. The van der Waals surface area contributed by atoms with Crippen LogP contribution in [0.3, 0.4) is 0 Å². The Hall–Kier alpha value is -4.36. The predicted molar refractivity (Wildman–Crippen MR) is 130 cm³/mol. The predicted octanol–water partition coefficient (Wildman–Crippen LogP) is 1.12. The number of phenols is 1. The maximum absolute atomic E-state index is 11.5. The summed E-state index contributed by atoms with van der Waals surface area (Å²) < 4.78 is 7.44. The number of hydrogen-bond donors (Lipinski definition) is 3. The van der Waals surface area contributed by atoms with Crippen LogP contribution in [0.4, 0.5) is 11.8 Å². The van der Waals surface area contributed by atoms with Crippen LogP contribution in [-0.2, 0) is 18.3 Å². The second kappa shape index (κ2) is 9.71. The molecular weight excluding hydrogens is 466 g/mol. The van der Waals surface area contributed by atoms with Gasteiger partial charge in [0.1, 0.15) is 11.6 Å². The molecule has 0 radical (unpaired) electrons. The van der Waals surface area contributed by atoms with E-state index in [0.29, 0.717) is 55.8 Å². The summed E-state index contributed by atoms with van der Waals surface area (Å²) >= 11 is 0. The Bertz CT molecular complexity index is 1380. The maximum atomic E-state index is 11.5. The van der Waals surface area contributed by atoms with Gasteiger partial charge in [-0.15, -0.1) is 0 Å². The lowest BCUT2D eigenvalue weighted by Crippen LogP contribution is -2.37. The van der Waals surface area contributed by atoms with Crippen LogP contribution in [0.2, 0.25) is 0 Å². The molecule has 13 heteroatoms. The van der Waals surface area contributed by atoms with Crippen LogP contribution in [0.1, 0.15) is 16.2 Å². The van der Waals surface area contributed by atoms with Crippen molar-refractivity contribution < 1.29 is 19.8 Å². The molecule has 0 atom stereocenters. The molecule has 5 rings (SSSR count). The number of carbonyl (C=O) groups excluding carboxylic acids is 1. The minimum absolute atomic E-state index is 0.143. The van der Waals surface area contributed by atoms with Gasteiger partial charge in [-0.1, -0.05) is 0 Å². The number of aryl methyl sites for hydroxylation is 1. The van der Waals surface area contributed by atoms with Crippen LogP contribution >= 0.6 is 0 Å². The second-order valence-corrected chi connectivity index (χ2v) is 8.35. The van der Waals surface area contributed by atoms with Crippen LogP contribution < -0.4 is 15.3 Å². The number of carbonyl (C=O) groups is 1. The summed E-state index contributed by atoms with van der Waals surface area (Å²) in [5, 5.41) is 18.5. The van der Waals surface area contributed by atoms with Gasteiger partial charge in [-0.2, -0.15) is 0 Å². The van der Waals surface area contributed by atoms with Crippen LogP contribution in [0, 0.1) is 0 Å². The molecule has 13 nitrogen and oxygen atoms in total. The van der Waals surface area contributed by atoms with Crippen molar-refractivity contribution in [1.29, 1.82) is 0 Å². The van der Waals surface area contributed by atoms with Crippen LogP contribution in [0.15, 0.2) is 36.7 Å². The first kappa shape index (κ1) is 23.4. The Morgan fingerprint density at radius 3 is 2.47 bits per heavy atom. The molecule has 1 aromatic carbocycles. The van der Waals surface area contributed by atoms with Crippen molar-refractivity contribution >= 4 is 28.8 Å². The fourth-order valence-corrected chi connectivity index (χ4v) is 3.95. The molecule has 1 aliphatic heterocycles. The molecule has 3 N–H and O–H groups in total. The Balaban J connectivity index is 1.52. The number of nitrogens with one attached hydrogen (secondary N) is 1. The number of hydroxylamine groups is 1. The number of hydrogen-bond acceptors (Lipinski definition) is 11. The van der Waals surface area contributed by atoms with Crippen LogP contribution in [0.25, 0.3) is 22.6 Å². The van der Waals surface area contributed by atoms with Gasteiger partial charge in [-0.05, 0) is 24.3 Å². The van der Waals surface area contributed by atoms with E-state index in [0.717, 1.165) is 17.2 Å². The van der Waals surface area contributed by atoms with Crippen molar-refractivity contribution in [2.24, 2.45) is 7.05 Å². The van der Waals surface area contributed by atoms with E-state index in [1.807, 2.05) is 18.7 Å². The lowest BCUT2D eigenvalue weighted by atomic mass is 10.2. The summed E-state index contributed by atoms with van der Waals surface area (Å²) in [6.45, 7) is 2.95. The molecule has 0 aliphatic carbocycles. The van der Waals surface area contributed by atoms with Crippen molar-refractivity contribution in [3.05, 3.63) is 48.0 Å². The van der Waals surface area contributed by atoms with Crippen LogP contribution in [-0.4, -0.2) is 79.1 Å². The third-order valence-electron chi connectivity index (χ3n) is 5.95. The molecule has 3 aromatic heterocycles. The van der Waals surface area contributed by atoms with Crippen molar-refractivity contribution in [3.63, 3.8) is 0 Å². The zero-order chi connectivity index (χ0) is 25.2. The van der Waals surface area contributed by atoms with E-state index in [1.165, 1.54) is 12.4 Å². The summed E-state index contributed by atoms with van der Waals surface area (Å²) in [5.74, 6) is 1.87. The molecule has 1 fully saturated rings. The summed E-state index contributed by atoms with van der Waals surface area (Å²) in [7, 11) is 3.71. The summed E-state index contributed by atoms with van der Waals surface area (Å²) in [6.07, 6.45) is 2.68. The Morgan fingerprint density at radius 1 is 1.11 bits per heavy atom. The van der Waals surface area contributed by atoms with E-state index in [4.69, 9.17) is 24.9 Å². The van der Waals surface area contributed by atoms with Crippen molar-refractivity contribution in [1.82, 2.24) is 35.0 Å². The fourth-order valence-electron chi connectivity index (χ4n) is 3.95. The molecule has 4 heterocycles. The minimum atomic E-state index is -0.682. The van der Waals surface area contributed by atoms with Gasteiger partial charge >= 0.3 is 0 Å². The number of nitrogens with zero attached hydrogens (tertiary/aromatic N) is 8. The number of morpholine rings is 1. The molecule has 186 valence electrons. The third-order valence-corrected chi connectivity index (χ3v) is 5.95. The minimum Gasteiger partial charge on any atom is -0.508 e. The van der Waals surface area contributed by atoms with Crippen molar-refractivity contribution in [2.45, 2.75) is 6.54 Å². The Labute approximate surface area is 206 Å². The van der Waals surface area contributed by atoms with Crippen molar-refractivity contribution in [2.75, 3.05) is 43.2 Å². The molecule has 1 saturated heterocycles. The zero-order valence-corrected chi connectivity index (χ0v) is 19.8. The van der Waals surface area contributed by atoms with E-state index in [1.54, 1.807) is 34.6 Å². The summed E-state index contributed by atoms with van der Waals surface area (Å²) in [6, 6.07) is 6.78. The number of aromatic hydroxyl groups is 1. The molecule has 1 aliphatic rings. The van der Waals surface area contributed by atoms with E-state index >= 15 is 0 Å². The van der Waals surface area contributed by atoms with Gasteiger partial charge in [-0.3, -0.25) is 10.0 Å². The first-order valence-corrected chi connectivity index (χ1v) is 11.3. The highest BCUT2D eigenvalue weighted by Gasteiger charge is 2.23. The van der Waals surface area contributed by atoms with Gasteiger partial charge in [0.15, 0.2) is 22.8 Å². The second-order valence-electron chi connectivity index (χ2n) is 8.35. The van der Waals surface area contributed by atoms with Gasteiger partial charge in [0.2, 0.25) is 5.95 Å². The fraction of sp³-hybridized carbons (Fsp3) is 0.304. The van der Waals surface area contributed by atoms with E-state index in [2.05, 4.69) is 14.9 Å². The molecule has 0 bridgehead atoms. The average molecular weight is 492 g/mol. The van der Waals surface area contributed by atoms with Gasteiger partial charge in [0.25, 0.3) is 5.91 Å². The molecule has 36 heavy (non-hydrogen) atoms. The SMILES string of the molecule is CN(Cc1nc2c(N3CCOCC3)nc(-c3ccc(O)cc3)nc2n1C)c1ncc(C(=O)NO)cn1. The number of benzene rings is 1. The van der Waals surface area contributed by atoms with E-state index in [9.17, 15) is 9.90 Å². The van der Waals surface area contributed by atoms with E-state index in [-0.39, 0.29) is 11.3 Å². The van der Waals surface area contributed by atoms with Gasteiger partial charge < -0.3 is 24.2 Å². The molecule has 0 unspecified atom stereocenters. The lowest BCUT2D eigenvalue weighted by molar-refractivity contribution is 0.0705. The lowest BCUT2D eigenvalue weighted by Gasteiger charge is -2.28. The molecule has 0 spiro atoms. The quantitative estimate of drug-likeness (QED) is 0.262. The number of amides is 1. The smallest absolute Gasteiger partial charge is 0.277 e. The number of ether oxygens (including phenoxy) is 1. The number of aromatic nitrogens is 6. The Kier molecular flexibility index (Phi) is 6.31. The molecule has 1 amide bonds. The first-order chi connectivity index (χ1) is 17.4. The van der Waals surface area contributed by atoms with Gasteiger partial charge in [-0.25, -0.2) is 30.4 Å². The standard InChI is InChI=1S/C23H25N9O4/c1-30(23-24-11-15(12-25-23)22(34)29-35)13-17-26-18-20(31(17)2)27-19(14-3-5-16(33)6-4-14)28-21(18)32-7-9-36-10-8-32/h3-6,11-12,33,35H,7-10,13H2,1-2H3,(H,29,34). The first-order valence-electron chi connectivity index (χ1n) is 11.3. The van der Waals surface area contributed by atoms with Gasteiger partial charge in [0.05, 0.1) is 25.3 Å². The highest BCUT2D eigenvalue weighted by atomic mass is 16.5. The number of rotatable bonds is 6. The normalized spacial score (nSPS) is 13.7. The zero-order valence-electron chi connectivity index (χ0n) is 19.8. The highest BCUT2D eigenvalue weighted by molar-refractivity contribution is 5.92. The Morgan fingerprint density at radius 2 is 1.81 bits per heavy atom. The topological polar surface area (TPSA) is 155 Å². The number of phenolic OH excluding ortho intramolecular Hbond substituents is 1. The summed E-state index contributed by atoms with van der Waals surface area (Å²) in [5.41, 5.74) is 3.84. The largest absolute Gasteiger partial charge is 0.508 e. The van der Waals surface area contributed by atoms with E-state index < -0.39 is 5.91 Å². The van der Waals surface area contributed by atoms with Gasteiger partial charge in [0, 0.05) is 45.1 Å². The van der Waals surface area contributed by atoms with Crippen molar-refractivity contribution in [3.8, 4) is 17.1 Å². The third kappa shape index (κ3) is 4.48. The highest BCUT2D eigenvalue weighted by Crippen LogP contribution is 2.29.